The van der Waals surface area contributed by atoms with Gasteiger partial charge < -0.3 is 180 Å². The molecule has 0 aliphatic carbocycles. The van der Waals surface area contributed by atoms with E-state index in [1.807, 2.05) is 0 Å². The molecule has 25 N–H and O–H groups in total. The highest BCUT2D eigenvalue weighted by Gasteiger charge is 2.56. The third kappa shape index (κ3) is 13.2. The first-order valence-electron chi connectivity index (χ1n) is 31.1. The molecule has 3 unspecified atom stereocenters. The van der Waals surface area contributed by atoms with Gasteiger partial charge in [0.15, 0.2) is 158 Å². The zero-order valence-corrected chi connectivity index (χ0v) is 55.0. The zero-order valence-electron chi connectivity index (χ0n) is 55.0. The van der Waals surface area contributed by atoms with Gasteiger partial charge in [0.1, 0.15) is 31.0 Å². The average Bonchev–Trinajstić information content (AvgIpc) is 1.17. The minimum absolute atomic E-state index is 0.159. The number of carbonyl (C=O) groups excluding carboxylic acids is 8. The molecule has 10 atom stereocenters. The molecule has 8 aromatic rings. The van der Waals surface area contributed by atoms with Crippen LogP contribution < -0.4 is 4.74 Å². The Labute approximate surface area is 616 Å². The summed E-state index contributed by atoms with van der Waals surface area (Å²) >= 11 is 0. The van der Waals surface area contributed by atoms with Crippen molar-refractivity contribution in [3.8, 4) is 166 Å². The van der Waals surface area contributed by atoms with Crippen LogP contribution in [0.1, 0.15) is 82.9 Å². The van der Waals surface area contributed by atoms with Gasteiger partial charge >= 0.3 is 47.8 Å². The van der Waals surface area contributed by atoms with Gasteiger partial charge in [0.25, 0.3) is 0 Å². The van der Waals surface area contributed by atoms with Crippen LogP contribution in [0.2, 0.25) is 0 Å². The first-order chi connectivity index (χ1) is 52.7. The van der Waals surface area contributed by atoms with Gasteiger partial charge in [-0.25, -0.2) is 38.4 Å². The first-order valence-corrected chi connectivity index (χ1v) is 31.1. The molecule has 4 aliphatic rings. The van der Waals surface area contributed by atoms with Gasteiger partial charge in [0, 0.05) is 34.4 Å². The Morgan fingerprint density at radius 2 is 0.580 bits per heavy atom. The topological polar surface area (TPSA) is 744 Å². The number of carbonyl (C=O) groups is 8. The number of aliphatic hydroxyl groups is 2. The van der Waals surface area contributed by atoms with E-state index >= 15 is 0 Å². The lowest BCUT2D eigenvalue weighted by Crippen LogP contribution is -2.62. The van der Waals surface area contributed by atoms with E-state index in [9.17, 15) is 166 Å². The number of ether oxygens (including phenoxy) is 11. The standard InChI is InChI=1S/C68H50O44/c69-22-1-14(2-23(70)39(22)79)59(92)109-55-53-34(105-67(100)57(55)111-61(94)16-5-26(73)41(81)27(74)6-16)13-103-63(96)20-11-32(46(86)50(90)38(20)37-19(65(98)107-53)9-30(77)44(84)49(37)89)104-52-21(10-31(78)45(85)51(52)91)66(99)112-58-56(110-60(93)15-3-24(71)40(80)25(72)4-15)54-33(106-68(58)101)12-102-62(95)17-7-28(75)42(82)47(87)35(17)36-18(64(97)108-54)8-29(76)43(83)48(36)88/h1-11,33-34,53-58,67-91,100-101H,12-13H2/t33-,34-,53?,54-,55-,56-,57-,58+,67?,68?/m1/s1. The summed E-state index contributed by atoms with van der Waals surface area (Å²) in [6, 6.07) is 4.24. The minimum Gasteiger partial charge on any atom is -0.504 e. The third-order valence-corrected chi connectivity index (χ3v) is 17.4. The minimum atomic E-state index is -2.88. The van der Waals surface area contributed by atoms with Crippen LogP contribution in [0.15, 0.2) is 66.7 Å². The predicted molar refractivity (Wildman–Crippen MR) is 345 cm³/mol. The van der Waals surface area contributed by atoms with Crippen LogP contribution in [-0.2, 0) is 47.4 Å². The molecule has 44 nitrogen and oxygen atoms in total. The largest absolute Gasteiger partial charge is 0.504 e. The SMILES string of the molecule is O=C(O[C@@H]1[C@@H]2OC(=O)c3cc(O)c(O)c(O)c3-c3c(cc(O)c(O)c3O)C(=O)OC[C@H]2OC(O)[C@H]1OC(=O)c1cc(O)c(O)c(O)c1Oc1cc2c(c(O)c1O)-c1c(cc(O)c(O)c1O)C(=O)OC1[C@@H](OC(=O)c3cc(O)c(O)c(O)c3)[C@@H](OC(=O)c3cc(O)c(O)c(O)c3)C(O)O[C@@H]1COC2=O)c1cc(O)c(O)c(O)c1. The number of fused-ring (bicyclic) bond motifs is 8. The molecule has 0 radical (unpaired) electrons. The van der Waals surface area contributed by atoms with Gasteiger partial charge in [-0.3, -0.25) is 0 Å². The molecule has 2 fully saturated rings. The Morgan fingerprint density at radius 3 is 0.929 bits per heavy atom. The molecular formula is C68H50O44. The third-order valence-electron chi connectivity index (χ3n) is 17.4. The van der Waals surface area contributed by atoms with Crippen LogP contribution in [0, 0.1) is 0 Å². The van der Waals surface area contributed by atoms with Crippen molar-refractivity contribution in [2.24, 2.45) is 0 Å². The van der Waals surface area contributed by atoms with Crippen molar-refractivity contribution in [2.75, 3.05) is 13.2 Å². The highest BCUT2D eigenvalue weighted by molar-refractivity contribution is 6.10. The smallest absolute Gasteiger partial charge is 0.342 e. The van der Waals surface area contributed by atoms with Crippen LogP contribution in [-0.4, -0.2) is 250 Å². The molecule has 0 bridgehead atoms. The molecule has 0 spiro atoms. The Bertz CT molecular complexity index is 5320. The van der Waals surface area contributed by atoms with E-state index in [0.29, 0.717) is 48.5 Å². The van der Waals surface area contributed by atoms with Crippen LogP contribution in [0.4, 0.5) is 0 Å². The fourth-order valence-electron chi connectivity index (χ4n) is 11.9. The summed E-state index contributed by atoms with van der Waals surface area (Å²) in [4.78, 5) is 115. The van der Waals surface area contributed by atoms with Crippen molar-refractivity contribution >= 4 is 47.8 Å². The Kier molecular flexibility index (Phi) is 19.3. The number of benzene rings is 8. The van der Waals surface area contributed by atoms with E-state index in [0.717, 1.165) is 0 Å². The van der Waals surface area contributed by atoms with Gasteiger partial charge in [-0.2, -0.15) is 0 Å². The van der Waals surface area contributed by atoms with E-state index in [1.54, 1.807) is 0 Å². The van der Waals surface area contributed by atoms with E-state index < -0.39 is 333 Å². The predicted octanol–water partition coefficient (Wildman–Crippen LogP) is 1.77. The van der Waals surface area contributed by atoms with Gasteiger partial charge in [0.2, 0.25) is 34.5 Å². The fraction of sp³-hybridized carbons (Fsp3) is 0.176. The number of aromatic hydroxyl groups is 23. The average molecular weight is 1570 g/mol. The van der Waals surface area contributed by atoms with Crippen molar-refractivity contribution in [3.05, 3.63) is 111 Å². The van der Waals surface area contributed by atoms with Gasteiger partial charge in [-0.15, -0.1) is 0 Å². The molecule has 44 heteroatoms. The number of cyclic esters (lactones) is 2. The molecule has 4 heterocycles. The monoisotopic (exact) mass is 1570 g/mol. The van der Waals surface area contributed by atoms with Crippen molar-refractivity contribution in [3.63, 3.8) is 0 Å². The van der Waals surface area contributed by atoms with E-state index in [-0.39, 0.29) is 18.2 Å². The van der Waals surface area contributed by atoms with Crippen molar-refractivity contribution in [1.82, 2.24) is 0 Å². The van der Waals surface area contributed by atoms with Gasteiger partial charge in [-0.1, -0.05) is 0 Å². The molecule has 0 saturated carbocycles. The molecule has 0 aromatic heterocycles. The molecule has 0 amide bonds. The van der Waals surface area contributed by atoms with Crippen LogP contribution in [0.25, 0.3) is 22.3 Å². The molecule has 2 saturated heterocycles. The number of phenols is 23. The van der Waals surface area contributed by atoms with Gasteiger partial charge in [-0.05, 0) is 54.6 Å². The molecule has 112 heavy (non-hydrogen) atoms. The second-order valence-electron chi connectivity index (χ2n) is 24.2. The van der Waals surface area contributed by atoms with E-state index in [4.69, 9.17) is 52.1 Å². The molecule has 12 rings (SSSR count). The maximum atomic E-state index is 15.0. The van der Waals surface area contributed by atoms with Gasteiger partial charge in [0.05, 0.1) is 38.9 Å². The number of rotatable bonds is 10. The molecular weight excluding hydrogens is 1520 g/mol. The fourth-order valence-corrected chi connectivity index (χ4v) is 11.9. The zero-order chi connectivity index (χ0) is 81.7. The lowest BCUT2D eigenvalue weighted by Gasteiger charge is -2.42. The van der Waals surface area contributed by atoms with Crippen molar-refractivity contribution in [1.29, 1.82) is 0 Å². The summed E-state index contributed by atoms with van der Waals surface area (Å²) in [5.74, 6) is -50.8. The van der Waals surface area contributed by atoms with E-state index in [1.165, 1.54) is 0 Å². The number of aliphatic hydroxyl groups excluding tert-OH is 2. The number of hydrogen-bond donors (Lipinski definition) is 25. The quantitative estimate of drug-likeness (QED) is 0.0527. The summed E-state index contributed by atoms with van der Waals surface area (Å²) in [5.41, 5.74) is -14.2. The van der Waals surface area contributed by atoms with Crippen LogP contribution in [0.3, 0.4) is 0 Å². The van der Waals surface area contributed by atoms with Crippen LogP contribution >= 0.6 is 0 Å². The second kappa shape index (κ2) is 28.4. The summed E-state index contributed by atoms with van der Waals surface area (Å²) in [7, 11) is 0. The lowest BCUT2D eigenvalue weighted by molar-refractivity contribution is -0.284. The maximum absolute atomic E-state index is 15.0. The number of esters is 8. The summed E-state index contributed by atoms with van der Waals surface area (Å²) < 4.78 is 61.0. The Morgan fingerprint density at radius 1 is 0.304 bits per heavy atom. The van der Waals surface area contributed by atoms with E-state index in [2.05, 4.69) is 0 Å². The summed E-state index contributed by atoms with van der Waals surface area (Å²) in [5, 5.41) is 271. The lowest BCUT2D eigenvalue weighted by atomic mass is 9.91. The Balaban J connectivity index is 0.941. The summed E-state index contributed by atoms with van der Waals surface area (Å²) in [6.45, 7) is -2.82. The van der Waals surface area contributed by atoms with Crippen molar-refractivity contribution < 1.29 is 218 Å². The van der Waals surface area contributed by atoms with Crippen LogP contribution in [0.5, 0.6) is 144 Å². The number of hydrogen-bond acceptors (Lipinski definition) is 44. The second-order valence-corrected chi connectivity index (χ2v) is 24.2. The number of phenolic OH excluding ortho intramolecular Hbond substituents is 23. The normalized spacial score (nSPS) is 20.7. The van der Waals surface area contributed by atoms with Crippen molar-refractivity contribution in [2.45, 2.75) is 61.4 Å². The molecule has 586 valence electrons. The highest BCUT2D eigenvalue weighted by atomic mass is 16.7. The Hall–Kier alpha value is -15.4. The molecule has 4 aliphatic heterocycles. The highest BCUT2D eigenvalue weighted by Crippen LogP contribution is 2.58. The summed E-state index contributed by atoms with van der Waals surface area (Å²) in [6.07, 6.45) is -26.1. The molecule has 8 aromatic carbocycles. The first kappa shape index (κ1) is 76.2. The maximum Gasteiger partial charge on any atom is 0.342 e.